The Morgan fingerprint density at radius 1 is 1.14 bits per heavy atom. The molecule has 0 saturated heterocycles. The van der Waals surface area contributed by atoms with Crippen LogP contribution >= 0.6 is 15.9 Å². The van der Waals surface area contributed by atoms with E-state index >= 15 is 0 Å². The van der Waals surface area contributed by atoms with Crippen LogP contribution in [-0.4, -0.2) is 14.3 Å². The van der Waals surface area contributed by atoms with Gasteiger partial charge in [0, 0.05) is 10.2 Å². The summed E-state index contributed by atoms with van der Waals surface area (Å²) in [5.41, 5.74) is 6.46. The maximum atomic E-state index is 12.2. The standard InChI is InChI=1S/C13H12BrN3O3S/c14-10-6-5-8(15)7-9(10)13(18)17-11-3-1-2-4-12(11)21(16,19)20/h1-7H,15H2,(H,17,18)(H2,16,19,20). The molecule has 0 spiro atoms. The molecule has 2 rings (SSSR count). The van der Waals surface area contributed by atoms with E-state index in [1.54, 1.807) is 18.2 Å². The first-order valence-electron chi connectivity index (χ1n) is 5.77. The maximum Gasteiger partial charge on any atom is 0.256 e. The lowest BCUT2D eigenvalue weighted by atomic mass is 10.2. The second-order valence-corrected chi connectivity index (χ2v) is 6.62. The Kier molecular flexibility index (Phi) is 4.31. The first-order valence-corrected chi connectivity index (χ1v) is 8.11. The quantitative estimate of drug-likeness (QED) is 0.716. The lowest BCUT2D eigenvalue weighted by molar-refractivity contribution is 0.102. The predicted molar refractivity (Wildman–Crippen MR) is 84.3 cm³/mol. The summed E-state index contributed by atoms with van der Waals surface area (Å²) in [7, 11) is -3.93. The Morgan fingerprint density at radius 3 is 2.48 bits per heavy atom. The third kappa shape index (κ3) is 3.60. The zero-order valence-corrected chi connectivity index (χ0v) is 13.1. The highest BCUT2D eigenvalue weighted by Gasteiger charge is 2.17. The average molecular weight is 370 g/mol. The second kappa shape index (κ2) is 5.84. The van der Waals surface area contributed by atoms with Crippen molar-refractivity contribution in [3.05, 3.63) is 52.5 Å². The van der Waals surface area contributed by atoms with Gasteiger partial charge in [0.1, 0.15) is 4.90 Å². The molecule has 21 heavy (non-hydrogen) atoms. The van der Waals surface area contributed by atoms with Gasteiger partial charge in [-0.1, -0.05) is 12.1 Å². The number of benzene rings is 2. The molecule has 0 bridgehead atoms. The molecule has 1 amide bonds. The number of primary sulfonamides is 1. The number of rotatable bonds is 3. The number of sulfonamides is 1. The molecular weight excluding hydrogens is 358 g/mol. The summed E-state index contributed by atoms with van der Waals surface area (Å²) in [6, 6.07) is 10.6. The zero-order chi connectivity index (χ0) is 15.6. The predicted octanol–water partition coefficient (Wildman–Crippen LogP) is 1.93. The molecule has 0 aliphatic carbocycles. The molecule has 0 saturated carbocycles. The molecular formula is C13H12BrN3O3S. The summed E-state index contributed by atoms with van der Waals surface area (Å²) in [6.45, 7) is 0. The molecule has 6 nitrogen and oxygen atoms in total. The van der Waals surface area contributed by atoms with E-state index in [2.05, 4.69) is 21.2 Å². The molecule has 0 aromatic heterocycles. The third-order valence-corrected chi connectivity index (χ3v) is 4.34. The molecule has 0 unspecified atom stereocenters. The molecule has 0 aliphatic heterocycles. The normalized spacial score (nSPS) is 11.1. The number of hydrogen-bond acceptors (Lipinski definition) is 4. The first-order chi connectivity index (χ1) is 9.79. The highest BCUT2D eigenvalue weighted by Crippen LogP contribution is 2.23. The van der Waals surface area contributed by atoms with Crippen molar-refractivity contribution in [2.45, 2.75) is 4.90 Å². The highest BCUT2D eigenvalue weighted by atomic mass is 79.9. The van der Waals surface area contributed by atoms with E-state index in [1.807, 2.05) is 0 Å². The monoisotopic (exact) mass is 369 g/mol. The third-order valence-electron chi connectivity index (χ3n) is 2.68. The van der Waals surface area contributed by atoms with Gasteiger partial charge in [-0.25, -0.2) is 13.6 Å². The number of anilines is 2. The lowest BCUT2D eigenvalue weighted by Gasteiger charge is -2.10. The Morgan fingerprint density at radius 2 is 1.81 bits per heavy atom. The number of hydrogen-bond donors (Lipinski definition) is 3. The minimum absolute atomic E-state index is 0.110. The molecule has 2 aromatic carbocycles. The Labute approximate surface area is 130 Å². The molecule has 8 heteroatoms. The fourth-order valence-corrected chi connectivity index (χ4v) is 2.85. The van der Waals surface area contributed by atoms with E-state index in [4.69, 9.17) is 10.9 Å². The van der Waals surface area contributed by atoms with E-state index < -0.39 is 15.9 Å². The van der Waals surface area contributed by atoms with Gasteiger partial charge in [0.2, 0.25) is 10.0 Å². The van der Waals surface area contributed by atoms with Gasteiger partial charge in [-0.05, 0) is 46.3 Å². The van der Waals surface area contributed by atoms with Crippen molar-refractivity contribution in [2.24, 2.45) is 5.14 Å². The van der Waals surface area contributed by atoms with Crippen molar-refractivity contribution in [3.63, 3.8) is 0 Å². The topological polar surface area (TPSA) is 115 Å². The van der Waals surface area contributed by atoms with Crippen molar-refractivity contribution < 1.29 is 13.2 Å². The van der Waals surface area contributed by atoms with Crippen molar-refractivity contribution in [1.29, 1.82) is 0 Å². The van der Waals surface area contributed by atoms with Crippen LogP contribution < -0.4 is 16.2 Å². The molecule has 0 fully saturated rings. The molecule has 2 aromatic rings. The summed E-state index contributed by atoms with van der Waals surface area (Å²) in [5.74, 6) is -0.495. The number of carbonyl (C=O) groups excluding carboxylic acids is 1. The number of carbonyl (C=O) groups is 1. The smallest absolute Gasteiger partial charge is 0.256 e. The Bertz CT molecular complexity index is 806. The second-order valence-electron chi connectivity index (χ2n) is 4.23. The number of amides is 1. The Balaban J connectivity index is 2.39. The van der Waals surface area contributed by atoms with Gasteiger partial charge < -0.3 is 11.1 Å². The molecule has 110 valence electrons. The van der Waals surface area contributed by atoms with Crippen LogP contribution in [-0.2, 0) is 10.0 Å². The summed E-state index contributed by atoms with van der Waals surface area (Å²) < 4.78 is 23.5. The van der Waals surface area contributed by atoms with Crippen LogP contribution in [0.3, 0.4) is 0 Å². The number of nitrogens with one attached hydrogen (secondary N) is 1. The van der Waals surface area contributed by atoms with Crippen LogP contribution in [0.15, 0.2) is 51.8 Å². The molecule has 5 N–H and O–H groups in total. The molecule has 0 heterocycles. The van der Waals surface area contributed by atoms with Crippen LogP contribution in [0.1, 0.15) is 10.4 Å². The van der Waals surface area contributed by atoms with Gasteiger partial charge in [0.15, 0.2) is 0 Å². The van der Waals surface area contributed by atoms with Crippen molar-refractivity contribution in [3.8, 4) is 0 Å². The highest BCUT2D eigenvalue weighted by molar-refractivity contribution is 9.10. The van der Waals surface area contributed by atoms with Crippen LogP contribution in [0.5, 0.6) is 0 Å². The van der Waals surface area contributed by atoms with Gasteiger partial charge in [-0.3, -0.25) is 4.79 Å². The minimum Gasteiger partial charge on any atom is -0.399 e. The summed E-state index contributed by atoms with van der Waals surface area (Å²) >= 11 is 3.24. The van der Waals surface area contributed by atoms with E-state index in [0.717, 1.165) is 0 Å². The van der Waals surface area contributed by atoms with Crippen molar-refractivity contribution >= 4 is 43.2 Å². The van der Waals surface area contributed by atoms with E-state index in [1.165, 1.54) is 24.3 Å². The maximum absolute atomic E-state index is 12.2. The van der Waals surface area contributed by atoms with Gasteiger partial charge in [-0.15, -0.1) is 0 Å². The fourth-order valence-electron chi connectivity index (χ4n) is 1.72. The zero-order valence-electron chi connectivity index (χ0n) is 10.7. The summed E-state index contributed by atoms with van der Waals surface area (Å²) in [5, 5.41) is 7.64. The van der Waals surface area contributed by atoms with Crippen LogP contribution in [0, 0.1) is 0 Å². The number of nitrogens with two attached hydrogens (primary N) is 2. The van der Waals surface area contributed by atoms with Crippen LogP contribution in [0.4, 0.5) is 11.4 Å². The number of para-hydroxylation sites is 1. The molecule has 0 radical (unpaired) electrons. The SMILES string of the molecule is Nc1ccc(Br)c(C(=O)Nc2ccccc2S(N)(=O)=O)c1. The molecule has 0 aliphatic rings. The van der Waals surface area contributed by atoms with Crippen molar-refractivity contribution in [1.82, 2.24) is 0 Å². The fraction of sp³-hybridized carbons (Fsp3) is 0. The van der Waals surface area contributed by atoms with E-state index in [-0.39, 0.29) is 10.6 Å². The van der Waals surface area contributed by atoms with Crippen molar-refractivity contribution in [2.75, 3.05) is 11.1 Å². The Hall–Kier alpha value is -1.90. The largest absolute Gasteiger partial charge is 0.399 e. The number of nitrogen functional groups attached to an aromatic ring is 1. The minimum atomic E-state index is -3.93. The van der Waals surface area contributed by atoms with Gasteiger partial charge in [0.25, 0.3) is 5.91 Å². The summed E-state index contributed by atoms with van der Waals surface area (Å²) in [6.07, 6.45) is 0. The first kappa shape index (κ1) is 15.5. The van der Waals surface area contributed by atoms with Crippen LogP contribution in [0.2, 0.25) is 0 Å². The number of halogens is 1. The van der Waals surface area contributed by atoms with Gasteiger partial charge >= 0.3 is 0 Å². The van der Waals surface area contributed by atoms with Crippen LogP contribution in [0.25, 0.3) is 0 Å². The van der Waals surface area contributed by atoms with E-state index in [9.17, 15) is 13.2 Å². The summed E-state index contributed by atoms with van der Waals surface area (Å²) in [4.78, 5) is 12.1. The van der Waals surface area contributed by atoms with Gasteiger partial charge in [0.05, 0.1) is 11.3 Å². The van der Waals surface area contributed by atoms with E-state index in [0.29, 0.717) is 15.7 Å². The lowest BCUT2D eigenvalue weighted by Crippen LogP contribution is -2.18. The van der Waals surface area contributed by atoms with Gasteiger partial charge in [-0.2, -0.15) is 0 Å². The molecule has 0 atom stereocenters. The average Bonchev–Trinajstić information content (AvgIpc) is 2.41.